The summed E-state index contributed by atoms with van der Waals surface area (Å²) in [4.78, 5) is 2.34. The average molecular weight is 214 g/mol. The lowest BCUT2D eigenvalue weighted by Crippen LogP contribution is -2.53. The van der Waals surface area contributed by atoms with Gasteiger partial charge >= 0.3 is 0 Å². The number of nitrogens with zero attached hydrogens (tertiary/aromatic N) is 1. The minimum absolute atomic E-state index is 0.320. The van der Waals surface area contributed by atoms with Crippen LogP contribution < -0.4 is 5.32 Å². The van der Waals surface area contributed by atoms with Gasteiger partial charge in [0.2, 0.25) is 0 Å². The molecule has 3 unspecified atom stereocenters. The van der Waals surface area contributed by atoms with E-state index in [9.17, 15) is 0 Å². The number of ether oxygens (including phenoxy) is 2. The fraction of sp³-hybridized carbons (Fsp3) is 1.00. The Morgan fingerprint density at radius 1 is 1.40 bits per heavy atom. The van der Waals surface area contributed by atoms with Crippen molar-refractivity contribution in [1.82, 2.24) is 10.2 Å². The third-order valence-corrected chi connectivity index (χ3v) is 3.50. The maximum absolute atomic E-state index is 5.85. The average Bonchev–Trinajstić information content (AvgIpc) is 2.72. The van der Waals surface area contributed by atoms with Crippen LogP contribution in [0.1, 0.15) is 6.42 Å². The smallest absolute Gasteiger partial charge is 0.0858 e. The number of hydrogen-bond donors (Lipinski definition) is 1. The van der Waals surface area contributed by atoms with Gasteiger partial charge < -0.3 is 19.7 Å². The maximum atomic E-state index is 5.85. The van der Waals surface area contributed by atoms with Crippen molar-refractivity contribution in [2.45, 2.75) is 18.6 Å². The second-order valence-electron chi connectivity index (χ2n) is 4.61. The van der Waals surface area contributed by atoms with Crippen molar-refractivity contribution in [3.05, 3.63) is 0 Å². The number of morpholine rings is 1. The summed E-state index contributed by atoms with van der Waals surface area (Å²) in [5, 5.41) is 3.40. The highest BCUT2D eigenvalue weighted by Gasteiger charge is 2.33. The molecule has 0 aromatic heterocycles. The van der Waals surface area contributed by atoms with E-state index in [-0.39, 0.29) is 0 Å². The highest BCUT2D eigenvalue weighted by atomic mass is 16.5. The first-order valence-electron chi connectivity index (χ1n) is 5.86. The van der Waals surface area contributed by atoms with Crippen LogP contribution in [0.5, 0.6) is 0 Å². The van der Waals surface area contributed by atoms with E-state index in [1.807, 2.05) is 7.05 Å². The molecule has 0 saturated carbocycles. The van der Waals surface area contributed by atoms with E-state index in [0.29, 0.717) is 18.1 Å². The second kappa shape index (κ2) is 5.25. The van der Waals surface area contributed by atoms with Gasteiger partial charge in [-0.05, 0) is 20.5 Å². The molecule has 2 saturated heterocycles. The van der Waals surface area contributed by atoms with E-state index >= 15 is 0 Å². The maximum Gasteiger partial charge on any atom is 0.0858 e. The molecule has 15 heavy (non-hydrogen) atoms. The lowest BCUT2D eigenvalue weighted by atomic mass is 9.93. The van der Waals surface area contributed by atoms with Crippen LogP contribution in [0.15, 0.2) is 0 Å². The molecule has 0 bridgehead atoms. The summed E-state index contributed by atoms with van der Waals surface area (Å²) in [6, 6.07) is 0.440. The van der Waals surface area contributed by atoms with Crippen molar-refractivity contribution in [3.8, 4) is 0 Å². The van der Waals surface area contributed by atoms with Crippen molar-refractivity contribution in [2.24, 2.45) is 5.92 Å². The number of rotatable bonds is 3. The molecule has 88 valence electrons. The highest BCUT2D eigenvalue weighted by molar-refractivity contribution is 4.88. The summed E-state index contributed by atoms with van der Waals surface area (Å²) in [5.41, 5.74) is 0. The fourth-order valence-corrected chi connectivity index (χ4v) is 2.59. The Hall–Kier alpha value is -0.160. The molecular weight excluding hydrogens is 192 g/mol. The highest BCUT2D eigenvalue weighted by Crippen LogP contribution is 2.22. The molecule has 2 aliphatic rings. The van der Waals surface area contributed by atoms with Crippen molar-refractivity contribution in [1.29, 1.82) is 0 Å². The van der Waals surface area contributed by atoms with Crippen molar-refractivity contribution < 1.29 is 9.47 Å². The molecule has 4 nitrogen and oxygen atoms in total. The van der Waals surface area contributed by atoms with Gasteiger partial charge in [0.15, 0.2) is 0 Å². The molecule has 4 heteroatoms. The first kappa shape index (κ1) is 11.3. The zero-order valence-corrected chi connectivity index (χ0v) is 9.74. The van der Waals surface area contributed by atoms with Gasteiger partial charge in [-0.1, -0.05) is 0 Å². The van der Waals surface area contributed by atoms with Gasteiger partial charge in [0.05, 0.1) is 19.3 Å². The van der Waals surface area contributed by atoms with Gasteiger partial charge in [-0.2, -0.15) is 0 Å². The Morgan fingerprint density at radius 3 is 2.87 bits per heavy atom. The van der Waals surface area contributed by atoms with Crippen LogP contribution in [0.25, 0.3) is 0 Å². The number of hydrogen-bond acceptors (Lipinski definition) is 4. The first-order chi connectivity index (χ1) is 7.31. The Morgan fingerprint density at radius 2 is 2.27 bits per heavy atom. The van der Waals surface area contributed by atoms with E-state index in [2.05, 4.69) is 17.3 Å². The van der Waals surface area contributed by atoms with Gasteiger partial charge in [0.25, 0.3) is 0 Å². The fourth-order valence-electron chi connectivity index (χ4n) is 2.59. The molecule has 0 aromatic carbocycles. The molecule has 2 aliphatic heterocycles. The largest absolute Gasteiger partial charge is 0.381 e. The zero-order chi connectivity index (χ0) is 10.7. The van der Waals surface area contributed by atoms with Crippen LogP contribution in [0.3, 0.4) is 0 Å². The van der Waals surface area contributed by atoms with Gasteiger partial charge in [0, 0.05) is 31.7 Å². The molecule has 2 rings (SSSR count). The predicted octanol–water partition coefficient (Wildman–Crippen LogP) is -0.0585. The minimum Gasteiger partial charge on any atom is -0.381 e. The zero-order valence-electron chi connectivity index (χ0n) is 9.74. The van der Waals surface area contributed by atoms with Crippen LogP contribution in [0.4, 0.5) is 0 Å². The Bertz CT molecular complexity index is 195. The van der Waals surface area contributed by atoms with Crippen LogP contribution >= 0.6 is 0 Å². The van der Waals surface area contributed by atoms with Gasteiger partial charge in [-0.15, -0.1) is 0 Å². The molecule has 0 amide bonds. The van der Waals surface area contributed by atoms with Gasteiger partial charge in [-0.3, -0.25) is 0 Å². The normalized spacial score (nSPS) is 35.6. The number of likely N-dealkylation sites (N-methyl/N-ethyl adjacent to an activating group) is 2. The van der Waals surface area contributed by atoms with Crippen molar-refractivity contribution in [2.75, 3.05) is 47.0 Å². The Labute approximate surface area is 91.9 Å². The molecule has 1 N–H and O–H groups in total. The molecule has 3 atom stereocenters. The molecule has 0 radical (unpaired) electrons. The van der Waals surface area contributed by atoms with Gasteiger partial charge in [0.1, 0.15) is 0 Å². The van der Waals surface area contributed by atoms with Crippen molar-refractivity contribution in [3.63, 3.8) is 0 Å². The van der Waals surface area contributed by atoms with E-state index < -0.39 is 0 Å². The van der Waals surface area contributed by atoms with Crippen LogP contribution in [0.2, 0.25) is 0 Å². The standard InChI is InChI=1S/C11H22N2O2/c1-12-11(9-3-5-14-8-9)10-7-13(2)4-6-15-10/h9-12H,3-8H2,1-2H3. The summed E-state index contributed by atoms with van der Waals surface area (Å²) in [5.74, 6) is 0.617. The van der Waals surface area contributed by atoms with E-state index in [4.69, 9.17) is 9.47 Å². The van der Waals surface area contributed by atoms with Crippen LogP contribution in [-0.2, 0) is 9.47 Å². The summed E-state index contributed by atoms with van der Waals surface area (Å²) >= 11 is 0. The predicted molar refractivity (Wildman–Crippen MR) is 59.0 cm³/mol. The second-order valence-corrected chi connectivity index (χ2v) is 4.61. The van der Waals surface area contributed by atoms with Crippen molar-refractivity contribution >= 4 is 0 Å². The summed E-state index contributed by atoms with van der Waals surface area (Å²) < 4.78 is 11.3. The monoisotopic (exact) mass is 214 g/mol. The lowest BCUT2D eigenvalue weighted by molar-refractivity contribution is -0.0483. The molecule has 2 fully saturated rings. The lowest BCUT2D eigenvalue weighted by Gasteiger charge is -2.37. The summed E-state index contributed by atoms with van der Waals surface area (Å²) in [7, 11) is 4.19. The quantitative estimate of drug-likeness (QED) is 0.714. The molecule has 0 spiro atoms. The van der Waals surface area contributed by atoms with Crippen LogP contribution in [-0.4, -0.2) is 64.1 Å². The molecular formula is C11H22N2O2. The van der Waals surface area contributed by atoms with E-state index in [1.54, 1.807) is 0 Å². The van der Waals surface area contributed by atoms with E-state index in [1.165, 1.54) is 0 Å². The van der Waals surface area contributed by atoms with Gasteiger partial charge in [-0.25, -0.2) is 0 Å². The minimum atomic E-state index is 0.320. The topological polar surface area (TPSA) is 33.7 Å². The molecule has 0 aromatic rings. The third kappa shape index (κ3) is 2.69. The Kier molecular flexibility index (Phi) is 3.97. The van der Waals surface area contributed by atoms with E-state index in [0.717, 1.165) is 39.3 Å². The third-order valence-electron chi connectivity index (χ3n) is 3.50. The van der Waals surface area contributed by atoms with Crippen LogP contribution in [0, 0.1) is 5.92 Å². The summed E-state index contributed by atoms with van der Waals surface area (Å²) in [6.45, 7) is 4.73. The SMILES string of the molecule is CNC(C1CCOC1)C1CN(C)CCO1. The molecule has 2 heterocycles. The number of nitrogens with one attached hydrogen (secondary N) is 1. The first-order valence-corrected chi connectivity index (χ1v) is 5.86. The Balaban J connectivity index is 1.92. The summed E-state index contributed by atoms with van der Waals surface area (Å²) in [6.07, 6.45) is 1.48. The molecule has 0 aliphatic carbocycles.